The van der Waals surface area contributed by atoms with Gasteiger partial charge in [-0.25, -0.2) is 4.98 Å². The molecule has 1 aromatic carbocycles. The number of aromatic amines is 1. The number of rotatable bonds is 7. The van der Waals surface area contributed by atoms with Gasteiger partial charge in [0.25, 0.3) is 5.56 Å². The van der Waals surface area contributed by atoms with E-state index >= 15 is 0 Å². The number of thiophene rings is 1. The van der Waals surface area contributed by atoms with Crippen LogP contribution in [-0.2, 0) is 29.7 Å². The molecular formula is C19H16F3N3O2S2. The molecule has 3 aromatic rings. The second-order valence-corrected chi connectivity index (χ2v) is 8.05. The van der Waals surface area contributed by atoms with Crippen LogP contribution in [0.15, 0.2) is 57.8 Å². The topological polar surface area (TPSA) is 74.8 Å². The van der Waals surface area contributed by atoms with Crippen molar-refractivity contribution in [1.29, 1.82) is 0 Å². The van der Waals surface area contributed by atoms with E-state index in [2.05, 4.69) is 15.3 Å². The summed E-state index contributed by atoms with van der Waals surface area (Å²) in [7, 11) is 0. The molecule has 5 nitrogen and oxygen atoms in total. The molecule has 152 valence electrons. The Labute approximate surface area is 172 Å². The number of carbonyl (C=O) groups excluding carboxylic acids is 1. The van der Waals surface area contributed by atoms with Crippen molar-refractivity contribution in [2.24, 2.45) is 0 Å². The quantitative estimate of drug-likeness (QED) is 0.431. The molecule has 0 radical (unpaired) electrons. The third-order valence-corrected chi connectivity index (χ3v) is 5.63. The predicted molar refractivity (Wildman–Crippen MR) is 106 cm³/mol. The number of thioether (sulfide) groups is 1. The first kappa shape index (κ1) is 21.1. The van der Waals surface area contributed by atoms with Crippen LogP contribution >= 0.6 is 23.1 Å². The van der Waals surface area contributed by atoms with Crippen LogP contribution in [0.25, 0.3) is 0 Å². The van der Waals surface area contributed by atoms with Gasteiger partial charge >= 0.3 is 6.18 Å². The zero-order valence-corrected chi connectivity index (χ0v) is 16.6. The minimum absolute atomic E-state index is 0.0386. The number of H-pyrrole nitrogens is 1. The summed E-state index contributed by atoms with van der Waals surface area (Å²) in [5.74, 6) is 0.0740. The first-order chi connectivity index (χ1) is 13.8. The number of hydrogen-bond donors (Lipinski definition) is 2. The Kier molecular flexibility index (Phi) is 6.75. The molecule has 3 rings (SSSR count). The average molecular weight is 439 g/mol. The number of aromatic nitrogens is 2. The van der Waals surface area contributed by atoms with Crippen LogP contribution in [0.3, 0.4) is 0 Å². The number of halogens is 3. The average Bonchev–Trinajstić information content (AvgIpc) is 3.18. The van der Waals surface area contributed by atoms with Gasteiger partial charge in [0, 0.05) is 16.7 Å². The fourth-order valence-corrected chi connectivity index (χ4v) is 3.90. The fraction of sp³-hybridized carbons (Fsp3) is 0.211. The van der Waals surface area contributed by atoms with Gasteiger partial charge in [0.05, 0.1) is 24.2 Å². The molecule has 0 aliphatic heterocycles. The number of hydrogen-bond acceptors (Lipinski definition) is 5. The van der Waals surface area contributed by atoms with Crippen LogP contribution in [0.5, 0.6) is 0 Å². The molecule has 0 saturated carbocycles. The number of amides is 1. The molecule has 2 heterocycles. The molecule has 0 fully saturated rings. The van der Waals surface area contributed by atoms with Gasteiger partial charge in [-0.1, -0.05) is 30.0 Å². The second-order valence-electron chi connectivity index (χ2n) is 6.06. The van der Waals surface area contributed by atoms with Crippen molar-refractivity contribution in [2.45, 2.75) is 30.1 Å². The Balaban J connectivity index is 1.58. The summed E-state index contributed by atoms with van der Waals surface area (Å²) in [5, 5.41) is 4.99. The van der Waals surface area contributed by atoms with E-state index in [1.807, 2.05) is 17.5 Å². The SMILES string of the molecule is O=C(Cc1cc(=O)[nH]c(SCc2ccc(C(F)(F)F)cc2)n1)NCc1cccs1. The number of benzene rings is 1. The monoisotopic (exact) mass is 439 g/mol. The second kappa shape index (κ2) is 9.27. The summed E-state index contributed by atoms with van der Waals surface area (Å²) >= 11 is 2.71. The van der Waals surface area contributed by atoms with Gasteiger partial charge in [0.15, 0.2) is 5.16 Å². The summed E-state index contributed by atoms with van der Waals surface area (Å²) in [5.41, 5.74) is -0.124. The van der Waals surface area contributed by atoms with E-state index in [9.17, 15) is 22.8 Å². The molecule has 29 heavy (non-hydrogen) atoms. The molecule has 1 amide bonds. The molecule has 0 aliphatic rings. The van der Waals surface area contributed by atoms with Crippen LogP contribution < -0.4 is 10.9 Å². The van der Waals surface area contributed by atoms with Gasteiger partial charge in [0.1, 0.15) is 0 Å². The highest BCUT2D eigenvalue weighted by atomic mass is 32.2. The minimum atomic E-state index is -4.38. The van der Waals surface area contributed by atoms with Crippen molar-refractivity contribution in [2.75, 3.05) is 0 Å². The Hall–Kier alpha value is -2.59. The number of alkyl halides is 3. The van der Waals surface area contributed by atoms with Gasteiger partial charge in [-0.15, -0.1) is 11.3 Å². The molecular weight excluding hydrogens is 423 g/mol. The summed E-state index contributed by atoms with van der Waals surface area (Å²) < 4.78 is 37.8. The zero-order valence-electron chi connectivity index (χ0n) is 15.0. The smallest absolute Gasteiger partial charge is 0.351 e. The first-order valence-corrected chi connectivity index (χ1v) is 10.3. The van der Waals surface area contributed by atoms with E-state index in [0.29, 0.717) is 28.7 Å². The van der Waals surface area contributed by atoms with E-state index in [1.165, 1.54) is 41.3 Å². The van der Waals surface area contributed by atoms with E-state index in [1.54, 1.807) is 0 Å². The van der Waals surface area contributed by atoms with Crippen molar-refractivity contribution in [3.05, 3.63) is 79.9 Å². The number of nitrogens with zero attached hydrogens (tertiary/aromatic N) is 1. The third-order valence-electron chi connectivity index (χ3n) is 3.81. The summed E-state index contributed by atoms with van der Waals surface area (Å²) in [6, 6.07) is 9.86. The van der Waals surface area contributed by atoms with Crippen LogP contribution in [0, 0.1) is 0 Å². The van der Waals surface area contributed by atoms with Crippen molar-refractivity contribution < 1.29 is 18.0 Å². The van der Waals surface area contributed by atoms with Crippen LogP contribution in [0.1, 0.15) is 21.7 Å². The third kappa shape index (κ3) is 6.47. The lowest BCUT2D eigenvalue weighted by atomic mass is 10.1. The Morgan fingerprint density at radius 3 is 2.62 bits per heavy atom. The fourth-order valence-electron chi connectivity index (χ4n) is 2.41. The number of carbonyl (C=O) groups is 1. The molecule has 0 saturated heterocycles. The van der Waals surface area contributed by atoms with Crippen molar-refractivity contribution in [1.82, 2.24) is 15.3 Å². The molecule has 0 unspecified atom stereocenters. The summed E-state index contributed by atoms with van der Waals surface area (Å²) in [6.45, 7) is 0.412. The number of nitrogens with one attached hydrogen (secondary N) is 2. The summed E-state index contributed by atoms with van der Waals surface area (Å²) in [6.07, 6.45) is -4.42. The maximum Gasteiger partial charge on any atom is 0.416 e. The summed E-state index contributed by atoms with van der Waals surface area (Å²) in [4.78, 5) is 31.8. The zero-order chi connectivity index (χ0) is 20.9. The Bertz CT molecular complexity index is 1020. The molecule has 0 spiro atoms. The Morgan fingerprint density at radius 2 is 1.97 bits per heavy atom. The van der Waals surface area contributed by atoms with Crippen molar-refractivity contribution in [3.63, 3.8) is 0 Å². The highest BCUT2D eigenvalue weighted by Crippen LogP contribution is 2.30. The van der Waals surface area contributed by atoms with E-state index in [-0.39, 0.29) is 12.3 Å². The molecule has 0 atom stereocenters. The molecule has 2 N–H and O–H groups in total. The lowest BCUT2D eigenvalue weighted by Gasteiger charge is -2.08. The van der Waals surface area contributed by atoms with Crippen molar-refractivity contribution in [3.8, 4) is 0 Å². The van der Waals surface area contributed by atoms with Crippen LogP contribution in [-0.4, -0.2) is 15.9 Å². The molecule has 2 aromatic heterocycles. The molecule has 0 aliphatic carbocycles. The van der Waals surface area contributed by atoms with Crippen LogP contribution in [0.4, 0.5) is 13.2 Å². The Morgan fingerprint density at radius 1 is 1.21 bits per heavy atom. The standard InChI is InChI=1S/C19H16F3N3O2S2/c20-19(21,22)13-5-3-12(4-6-13)11-29-18-24-14(9-17(27)25-18)8-16(26)23-10-15-2-1-7-28-15/h1-7,9H,8,10-11H2,(H,23,26)(H,24,25,27). The first-order valence-electron chi connectivity index (χ1n) is 8.48. The van der Waals surface area contributed by atoms with E-state index in [4.69, 9.17) is 0 Å². The largest absolute Gasteiger partial charge is 0.416 e. The molecule has 0 bridgehead atoms. The van der Waals surface area contributed by atoms with Gasteiger partial charge in [-0.05, 0) is 29.1 Å². The molecule has 10 heteroatoms. The van der Waals surface area contributed by atoms with Crippen molar-refractivity contribution >= 4 is 29.0 Å². The van der Waals surface area contributed by atoms with Gasteiger partial charge in [0.2, 0.25) is 5.91 Å². The predicted octanol–water partition coefficient (Wildman–Crippen LogP) is 4.00. The maximum absolute atomic E-state index is 12.6. The highest BCUT2D eigenvalue weighted by molar-refractivity contribution is 7.98. The highest BCUT2D eigenvalue weighted by Gasteiger charge is 2.29. The normalized spacial score (nSPS) is 11.4. The van der Waals surface area contributed by atoms with Gasteiger partial charge in [-0.3, -0.25) is 9.59 Å². The van der Waals surface area contributed by atoms with Gasteiger partial charge in [-0.2, -0.15) is 13.2 Å². The minimum Gasteiger partial charge on any atom is -0.351 e. The van der Waals surface area contributed by atoms with E-state index < -0.39 is 17.3 Å². The van der Waals surface area contributed by atoms with Gasteiger partial charge < -0.3 is 10.3 Å². The lowest BCUT2D eigenvalue weighted by molar-refractivity contribution is -0.137. The van der Waals surface area contributed by atoms with E-state index in [0.717, 1.165) is 17.0 Å². The lowest BCUT2D eigenvalue weighted by Crippen LogP contribution is -2.25. The van der Waals surface area contributed by atoms with Crippen LogP contribution in [0.2, 0.25) is 0 Å². The maximum atomic E-state index is 12.6.